The molecule has 0 aliphatic carbocycles. The molecule has 1 atom stereocenters. The highest BCUT2D eigenvalue weighted by atomic mass is 32.2. The molecule has 0 amide bonds. The van der Waals surface area contributed by atoms with Crippen LogP contribution in [0.4, 0.5) is 0 Å². The van der Waals surface area contributed by atoms with Gasteiger partial charge in [-0.2, -0.15) is 17.0 Å². The third kappa shape index (κ3) is 9.46. The van der Waals surface area contributed by atoms with Gasteiger partial charge in [-0.1, -0.05) is 6.42 Å². The van der Waals surface area contributed by atoms with Crippen LogP contribution >= 0.6 is 11.8 Å². The van der Waals surface area contributed by atoms with Gasteiger partial charge in [-0.05, 0) is 46.4 Å². The molecule has 0 aromatic heterocycles. The SMILES string of the molecule is CSCC(C)(O)CNCCCCC(C)(C)C#N. The molecule has 3 nitrogen and oxygen atoms in total. The fourth-order valence-electron chi connectivity index (χ4n) is 1.59. The first-order chi connectivity index (χ1) is 7.83. The topological polar surface area (TPSA) is 56.0 Å². The standard InChI is InChI=1S/C13H26N2OS/c1-12(2,9-14)7-5-6-8-15-10-13(3,16)11-17-4/h15-16H,5-8,10-11H2,1-4H3. The van der Waals surface area contributed by atoms with Gasteiger partial charge in [0.15, 0.2) is 0 Å². The van der Waals surface area contributed by atoms with Crippen molar-refractivity contribution < 1.29 is 5.11 Å². The molecular weight excluding hydrogens is 232 g/mol. The first kappa shape index (κ1) is 16.8. The van der Waals surface area contributed by atoms with Gasteiger partial charge in [0.1, 0.15) is 0 Å². The van der Waals surface area contributed by atoms with E-state index in [1.807, 2.05) is 27.0 Å². The highest BCUT2D eigenvalue weighted by molar-refractivity contribution is 7.98. The second-order valence-corrected chi connectivity index (χ2v) is 6.43. The molecule has 0 heterocycles. The first-order valence-corrected chi connectivity index (χ1v) is 7.56. The molecule has 1 unspecified atom stereocenters. The largest absolute Gasteiger partial charge is 0.388 e. The molecule has 0 fully saturated rings. The van der Waals surface area contributed by atoms with Crippen LogP contribution in [0, 0.1) is 16.7 Å². The molecular formula is C13H26N2OS. The summed E-state index contributed by atoms with van der Waals surface area (Å²) in [5.74, 6) is 0.751. The third-order valence-corrected chi connectivity index (χ3v) is 3.58. The lowest BCUT2D eigenvalue weighted by atomic mass is 9.89. The number of unbranched alkanes of at least 4 members (excludes halogenated alkanes) is 1. The molecule has 4 heteroatoms. The van der Waals surface area contributed by atoms with E-state index in [4.69, 9.17) is 5.26 Å². The van der Waals surface area contributed by atoms with Crippen molar-refractivity contribution in [3.8, 4) is 6.07 Å². The lowest BCUT2D eigenvalue weighted by Gasteiger charge is -2.22. The molecule has 100 valence electrons. The summed E-state index contributed by atoms with van der Waals surface area (Å²) in [5, 5.41) is 22.0. The van der Waals surface area contributed by atoms with E-state index in [0.717, 1.165) is 31.6 Å². The van der Waals surface area contributed by atoms with Gasteiger partial charge in [-0.15, -0.1) is 0 Å². The van der Waals surface area contributed by atoms with Crippen molar-refractivity contribution in [1.82, 2.24) is 5.32 Å². The minimum Gasteiger partial charge on any atom is -0.388 e. The molecule has 0 aliphatic heterocycles. The Hall–Kier alpha value is -0.240. The minimum atomic E-state index is -0.620. The van der Waals surface area contributed by atoms with Gasteiger partial charge in [-0.25, -0.2) is 0 Å². The summed E-state index contributed by atoms with van der Waals surface area (Å²) in [4.78, 5) is 0. The Morgan fingerprint density at radius 3 is 2.47 bits per heavy atom. The average Bonchev–Trinajstić information content (AvgIpc) is 2.23. The fraction of sp³-hybridized carbons (Fsp3) is 0.923. The quantitative estimate of drug-likeness (QED) is 0.624. The average molecular weight is 258 g/mol. The summed E-state index contributed by atoms with van der Waals surface area (Å²) in [6.07, 6.45) is 5.05. The number of aliphatic hydroxyl groups is 1. The molecule has 0 aromatic rings. The predicted octanol–water partition coefficient (Wildman–Crippen LogP) is 2.41. The van der Waals surface area contributed by atoms with Gasteiger partial charge in [0, 0.05) is 12.3 Å². The Morgan fingerprint density at radius 1 is 1.29 bits per heavy atom. The molecule has 2 N–H and O–H groups in total. The Balaban J connectivity index is 3.51. The maximum Gasteiger partial charge on any atom is 0.0833 e. The maximum atomic E-state index is 9.91. The third-order valence-electron chi connectivity index (χ3n) is 2.67. The number of nitrogens with zero attached hydrogens (tertiary/aromatic N) is 1. The van der Waals surface area contributed by atoms with Crippen LogP contribution in [0.2, 0.25) is 0 Å². The number of hydrogen-bond donors (Lipinski definition) is 2. The Kier molecular flexibility index (Phi) is 7.85. The summed E-state index contributed by atoms with van der Waals surface area (Å²) < 4.78 is 0. The second-order valence-electron chi connectivity index (χ2n) is 5.56. The van der Waals surface area contributed by atoms with Crippen molar-refractivity contribution >= 4 is 11.8 Å². The van der Waals surface area contributed by atoms with Crippen molar-refractivity contribution in [2.24, 2.45) is 5.41 Å². The van der Waals surface area contributed by atoms with Crippen molar-refractivity contribution in [2.45, 2.75) is 45.6 Å². The molecule has 0 bridgehead atoms. The van der Waals surface area contributed by atoms with E-state index in [1.54, 1.807) is 11.8 Å². The van der Waals surface area contributed by atoms with Crippen molar-refractivity contribution in [3.63, 3.8) is 0 Å². The summed E-state index contributed by atoms with van der Waals surface area (Å²) in [5.41, 5.74) is -0.824. The van der Waals surface area contributed by atoms with Crippen molar-refractivity contribution in [1.29, 1.82) is 5.26 Å². The van der Waals surface area contributed by atoms with Gasteiger partial charge in [0.2, 0.25) is 0 Å². The van der Waals surface area contributed by atoms with Crippen LogP contribution in [0.1, 0.15) is 40.0 Å². The van der Waals surface area contributed by atoms with Crippen LogP contribution in [-0.4, -0.2) is 35.8 Å². The number of rotatable bonds is 9. The highest BCUT2D eigenvalue weighted by Crippen LogP contribution is 2.21. The van der Waals surface area contributed by atoms with E-state index in [-0.39, 0.29) is 5.41 Å². The molecule has 0 aromatic carbocycles. The van der Waals surface area contributed by atoms with Crippen LogP contribution in [0.5, 0.6) is 0 Å². The number of nitrogens with one attached hydrogen (secondary N) is 1. The molecule has 0 saturated carbocycles. The van der Waals surface area contributed by atoms with E-state index in [0.29, 0.717) is 6.54 Å². The Morgan fingerprint density at radius 2 is 1.94 bits per heavy atom. The van der Waals surface area contributed by atoms with E-state index in [1.165, 1.54) is 0 Å². The number of hydrogen-bond acceptors (Lipinski definition) is 4. The number of nitriles is 1. The van der Waals surface area contributed by atoms with Crippen LogP contribution < -0.4 is 5.32 Å². The number of thioether (sulfide) groups is 1. The zero-order chi connectivity index (χ0) is 13.4. The molecule has 0 spiro atoms. The van der Waals surface area contributed by atoms with Crippen LogP contribution in [-0.2, 0) is 0 Å². The summed E-state index contributed by atoms with van der Waals surface area (Å²) in [6, 6.07) is 2.31. The zero-order valence-corrected chi connectivity index (χ0v) is 12.4. The monoisotopic (exact) mass is 258 g/mol. The second kappa shape index (κ2) is 7.97. The molecule has 0 radical (unpaired) electrons. The lowest BCUT2D eigenvalue weighted by Crippen LogP contribution is -2.40. The summed E-state index contributed by atoms with van der Waals surface area (Å²) in [6.45, 7) is 7.35. The normalized spacial score (nSPS) is 15.3. The van der Waals surface area contributed by atoms with Gasteiger partial charge >= 0.3 is 0 Å². The first-order valence-electron chi connectivity index (χ1n) is 6.16. The molecule has 0 aliphatic rings. The zero-order valence-electron chi connectivity index (χ0n) is 11.5. The van der Waals surface area contributed by atoms with Gasteiger partial charge in [-0.3, -0.25) is 0 Å². The predicted molar refractivity (Wildman–Crippen MR) is 75.1 cm³/mol. The Bertz CT molecular complexity index is 246. The van der Waals surface area contributed by atoms with Crippen LogP contribution in [0.3, 0.4) is 0 Å². The fourth-order valence-corrected chi connectivity index (χ4v) is 2.32. The van der Waals surface area contributed by atoms with E-state index >= 15 is 0 Å². The smallest absolute Gasteiger partial charge is 0.0833 e. The summed E-state index contributed by atoms with van der Waals surface area (Å²) in [7, 11) is 0. The van der Waals surface area contributed by atoms with Crippen LogP contribution in [0.25, 0.3) is 0 Å². The molecule has 17 heavy (non-hydrogen) atoms. The van der Waals surface area contributed by atoms with E-state index in [9.17, 15) is 5.11 Å². The van der Waals surface area contributed by atoms with Crippen LogP contribution in [0.15, 0.2) is 0 Å². The highest BCUT2D eigenvalue weighted by Gasteiger charge is 2.18. The summed E-state index contributed by atoms with van der Waals surface area (Å²) >= 11 is 1.66. The van der Waals surface area contributed by atoms with Gasteiger partial charge in [0.25, 0.3) is 0 Å². The minimum absolute atomic E-state index is 0.204. The van der Waals surface area contributed by atoms with Gasteiger partial charge in [0.05, 0.1) is 17.1 Å². The van der Waals surface area contributed by atoms with E-state index in [2.05, 4.69) is 11.4 Å². The molecule has 0 saturated heterocycles. The lowest BCUT2D eigenvalue weighted by molar-refractivity contribution is 0.0849. The maximum absolute atomic E-state index is 9.91. The van der Waals surface area contributed by atoms with Crippen molar-refractivity contribution in [3.05, 3.63) is 0 Å². The van der Waals surface area contributed by atoms with Gasteiger partial charge < -0.3 is 10.4 Å². The van der Waals surface area contributed by atoms with E-state index < -0.39 is 5.60 Å². The Labute approximate surface area is 110 Å². The van der Waals surface area contributed by atoms with Crippen molar-refractivity contribution in [2.75, 3.05) is 25.1 Å². The molecule has 0 rings (SSSR count).